The highest BCUT2D eigenvalue weighted by molar-refractivity contribution is 8.77. The van der Waals surface area contributed by atoms with Gasteiger partial charge in [-0.15, -0.1) is 0 Å². The zero-order valence-electron chi connectivity index (χ0n) is 9.49. The van der Waals surface area contributed by atoms with Crippen LogP contribution in [0.25, 0.3) is 0 Å². The summed E-state index contributed by atoms with van der Waals surface area (Å²) in [6.45, 7) is 0. The Morgan fingerprint density at radius 2 is 1.75 bits per heavy atom. The second kappa shape index (κ2) is 6.39. The largest absolute Gasteiger partial charge is 0.469 e. The molecule has 0 N–H and O–H groups in total. The first kappa shape index (κ1) is 13.7. The quantitative estimate of drug-likeness (QED) is 0.572. The van der Waals surface area contributed by atoms with E-state index >= 15 is 0 Å². The molecule has 0 bridgehead atoms. The van der Waals surface area contributed by atoms with E-state index < -0.39 is 0 Å². The van der Waals surface area contributed by atoms with Gasteiger partial charge in [-0.1, -0.05) is 21.6 Å². The molecule has 0 spiro atoms. The van der Waals surface area contributed by atoms with Crippen LogP contribution >= 0.6 is 21.6 Å². The third-order valence-corrected chi connectivity index (χ3v) is 5.82. The van der Waals surface area contributed by atoms with E-state index in [4.69, 9.17) is 0 Å². The van der Waals surface area contributed by atoms with Crippen LogP contribution in [-0.4, -0.2) is 36.7 Å². The van der Waals surface area contributed by atoms with E-state index in [9.17, 15) is 9.59 Å². The number of carbonyl (C=O) groups is 2. The van der Waals surface area contributed by atoms with E-state index in [1.807, 2.05) is 0 Å². The highest BCUT2D eigenvalue weighted by Crippen LogP contribution is 2.49. The molecule has 1 aliphatic rings. The smallest absolute Gasteiger partial charge is 0.306 e. The topological polar surface area (TPSA) is 52.6 Å². The molecular formula is C10H16O4S2. The Balaban J connectivity index is 2.66. The first-order valence-electron chi connectivity index (χ1n) is 5.06. The molecule has 0 aliphatic carbocycles. The highest BCUT2D eigenvalue weighted by atomic mass is 33.1. The maximum Gasteiger partial charge on any atom is 0.306 e. The van der Waals surface area contributed by atoms with Crippen molar-refractivity contribution in [3.63, 3.8) is 0 Å². The Kier molecular flexibility index (Phi) is 5.48. The van der Waals surface area contributed by atoms with Crippen molar-refractivity contribution in [3.8, 4) is 0 Å². The minimum Gasteiger partial charge on any atom is -0.469 e. The average Bonchev–Trinajstić information content (AvgIpc) is 2.29. The molecule has 0 saturated carbocycles. The summed E-state index contributed by atoms with van der Waals surface area (Å²) in [6, 6.07) is 0. The van der Waals surface area contributed by atoms with Gasteiger partial charge in [0.05, 0.1) is 27.1 Å². The first-order chi connectivity index (χ1) is 7.62. The molecule has 16 heavy (non-hydrogen) atoms. The molecule has 1 rings (SSSR count). The number of rotatable bonds is 4. The van der Waals surface area contributed by atoms with E-state index in [2.05, 4.69) is 9.47 Å². The molecular weight excluding hydrogens is 248 g/mol. The van der Waals surface area contributed by atoms with Crippen LogP contribution in [0.5, 0.6) is 0 Å². The summed E-state index contributed by atoms with van der Waals surface area (Å²) in [6.07, 6.45) is 2.42. The van der Waals surface area contributed by atoms with Crippen LogP contribution in [0, 0.1) is 0 Å². The molecule has 1 heterocycles. The van der Waals surface area contributed by atoms with Gasteiger partial charge < -0.3 is 9.47 Å². The normalized spacial score (nSPS) is 18.9. The molecule has 92 valence electrons. The summed E-state index contributed by atoms with van der Waals surface area (Å²) in [7, 11) is 6.06. The number of ether oxygens (including phenoxy) is 2. The zero-order valence-corrected chi connectivity index (χ0v) is 11.1. The molecule has 0 aromatic carbocycles. The van der Waals surface area contributed by atoms with Crippen LogP contribution in [0.4, 0.5) is 0 Å². The maximum atomic E-state index is 11.4. The Bertz CT molecular complexity index is 242. The SMILES string of the molecule is COC(=O)CC1(CC(=O)OC)CCCSS1. The number of carbonyl (C=O) groups excluding carboxylic acids is 2. The molecule has 0 radical (unpaired) electrons. The molecule has 6 heteroatoms. The van der Waals surface area contributed by atoms with Gasteiger partial charge in [0.15, 0.2) is 0 Å². The van der Waals surface area contributed by atoms with Gasteiger partial charge in [-0.25, -0.2) is 0 Å². The van der Waals surface area contributed by atoms with E-state index in [1.165, 1.54) is 14.2 Å². The van der Waals surface area contributed by atoms with Crippen LogP contribution in [0.2, 0.25) is 0 Å². The van der Waals surface area contributed by atoms with Crippen molar-refractivity contribution in [1.82, 2.24) is 0 Å². The van der Waals surface area contributed by atoms with Gasteiger partial charge in [-0.2, -0.15) is 0 Å². The molecule has 1 saturated heterocycles. The van der Waals surface area contributed by atoms with Gasteiger partial charge in [0.25, 0.3) is 0 Å². The predicted octanol–water partition coefficient (Wildman–Crippen LogP) is 2.03. The van der Waals surface area contributed by atoms with E-state index in [1.54, 1.807) is 21.6 Å². The van der Waals surface area contributed by atoms with Crippen LogP contribution < -0.4 is 0 Å². The van der Waals surface area contributed by atoms with Crippen molar-refractivity contribution in [2.75, 3.05) is 20.0 Å². The number of hydrogen-bond donors (Lipinski definition) is 0. The Morgan fingerprint density at radius 3 is 2.12 bits per heavy atom. The number of hydrogen-bond acceptors (Lipinski definition) is 6. The third kappa shape index (κ3) is 3.90. The summed E-state index contributed by atoms with van der Waals surface area (Å²) in [5, 5.41) is 0. The average molecular weight is 264 g/mol. The highest BCUT2D eigenvalue weighted by Gasteiger charge is 2.38. The maximum absolute atomic E-state index is 11.4. The minimum absolute atomic E-state index is 0.265. The summed E-state index contributed by atoms with van der Waals surface area (Å²) >= 11 is 0. The van der Waals surface area contributed by atoms with E-state index in [0.29, 0.717) is 0 Å². The number of methoxy groups -OCH3 is 2. The van der Waals surface area contributed by atoms with Gasteiger partial charge in [0.1, 0.15) is 0 Å². The van der Waals surface area contributed by atoms with Crippen molar-refractivity contribution < 1.29 is 19.1 Å². The molecule has 0 amide bonds. The lowest BCUT2D eigenvalue weighted by molar-refractivity contribution is -0.143. The first-order valence-corrected chi connectivity index (χ1v) is 7.38. The lowest BCUT2D eigenvalue weighted by atomic mass is 9.95. The molecule has 0 aromatic heterocycles. The van der Waals surface area contributed by atoms with Crippen LogP contribution in [-0.2, 0) is 19.1 Å². The Morgan fingerprint density at radius 1 is 1.19 bits per heavy atom. The second-order valence-corrected chi connectivity index (χ2v) is 6.58. The number of esters is 2. The summed E-state index contributed by atoms with van der Waals surface area (Å²) in [5.74, 6) is 0.534. The van der Waals surface area contributed by atoms with Gasteiger partial charge in [-0.3, -0.25) is 9.59 Å². The van der Waals surface area contributed by atoms with Crippen molar-refractivity contribution >= 4 is 33.5 Å². The van der Waals surface area contributed by atoms with Gasteiger partial charge in [-0.05, 0) is 12.8 Å². The van der Waals surface area contributed by atoms with Gasteiger partial charge in [0, 0.05) is 10.5 Å². The van der Waals surface area contributed by atoms with Gasteiger partial charge in [0.2, 0.25) is 0 Å². The van der Waals surface area contributed by atoms with E-state index in [-0.39, 0.29) is 29.5 Å². The summed E-state index contributed by atoms with van der Waals surface area (Å²) in [4.78, 5) is 22.7. The molecule has 0 atom stereocenters. The third-order valence-electron chi connectivity index (χ3n) is 2.48. The van der Waals surface area contributed by atoms with Crippen molar-refractivity contribution in [2.45, 2.75) is 30.4 Å². The monoisotopic (exact) mass is 264 g/mol. The lowest BCUT2D eigenvalue weighted by Gasteiger charge is -2.33. The summed E-state index contributed by atoms with van der Waals surface area (Å²) < 4.78 is 9.01. The Hall–Kier alpha value is -0.360. The van der Waals surface area contributed by atoms with Crippen LogP contribution in [0.15, 0.2) is 0 Å². The fourth-order valence-corrected chi connectivity index (χ4v) is 4.76. The van der Waals surface area contributed by atoms with Crippen molar-refractivity contribution in [3.05, 3.63) is 0 Å². The Labute approximate surface area is 103 Å². The standard InChI is InChI=1S/C10H16O4S2/c1-13-8(11)6-10(7-9(12)14-2)4-3-5-15-16-10/h3-7H2,1-2H3. The van der Waals surface area contributed by atoms with Crippen LogP contribution in [0.3, 0.4) is 0 Å². The minimum atomic E-state index is -0.344. The van der Waals surface area contributed by atoms with Crippen LogP contribution in [0.1, 0.15) is 25.7 Å². The fraction of sp³-hybridized carbons (Fsp3) is 0.800. The van der Waals surface area contributed by atoms with Crippen molar-refractivity contribution in [1.29, 1.82) is 0 Å². The lowest BCUT2D eigenvalue weighted by Crippen LogP contribution is -2.33. The fourth-order valence-electron chi connectivity index (χ4n) is 1.63. The molecule has 4 nitrogen and oxygen atoms in total. The zero-order chi connectivity index (χ0) is 12.0. The summed E-state index contributed by atoms with van der Waals surface area (Å²) in [5.41, 5.74) is 0. The molecule has 1 aliphatic heterocycles. The van der Waals surface area contributed by atoms with Gasteiger partial charge >= 0.3 is 11.9 Å². The predicted molar refractivity (Wildman–Crippen MR) is 65.3 cm³/mol. The molecule has 1 fully saturated rings. The van der Waals surface area contributed by atoms with Crippen molar-refractivity contribution in [2.24, 2.45) is 0 Å². The second-order valence-electron chi connectivity index (χ2n) is 3.70. The molecule has 0 unspecified atom stereocenters. The molecule has 0 aromatic rings. The van der Waals surface area contributed by atoms with E-state index in [0.717, 1.165) is 18.6 Å².